The quantitative estimate of drug-likeness (QED) is 0.573. The molecule has 0 aliphatic heterocycles. The van der Waals surface area contributed by atoms with Crippen molar-refractivity contribution in [2.75, 3.05) is 0 Å². The van der Waals surface area contributed by atoms with E-state index in [4.69, 9.17) is 9.15 Å². The van der Waals surface area contributed by atoms with Gasteiger partial charge in [0.1, 0.15) is 4.70 Å². The molecular formula is C9H4Br2O4S. The second-order valence-corrected chi connectivity index (χ2v) is 5.47. The highest BCUT2D eigenvalue weighted by Gasteiger charge is 2.17. The summed E-state index contributed by atoms with van der Waals surface area (Å²) in [4.78, 5) is 21.7. The van der Waals surface area contributed by atoms with Crippen molar-refractivity contribution in [3.63, 3.8) is 0 Å². The molecule has 0 aliphatic rings. The molecule has 0 saturated heterocycles. The molecule has 16 heavy (non-hydrogen) atoms. The molecule has 0 spiro atoms. The Morgan fingerprint density at radius 2 is 2.19 bits per heavy atom. The van der Waals surface area contributed by atoms with E-state index in [0.717, 1.165) is 11.3 Å². The van der Waals surface area contributed by atoms with Gasteiger partial charge in [0.25, 0.3) is 0 Å². The molecule has 0 N–H and O–H groups in total. The van der Waals surface area contributed by atoms with Crippen LogP contribution >= 0.6 is 43.2 Å². The summed E-state index contributed by atoms with van der Waals surface area (Å²) in [5, 5.41) is 0. The average Bonchev–Trinajstić information content (AvgIpc) is 2.53. The lowest BCUT2D eigenvalue weighted by Gasteiger charge is -2.05. The molecule has 0 atom stereocenters. The fourth-order valence-electron chi connectivity index (χ4n) is 1.17. The number of halogens is 2. The van der Waals surface area contributed by atoms with Gasteiger partial charge in [-0.15, -0.1) is 0 Å². The summed E-state index contributed by atoms with van der Waals surface area (Å²) >= 11 is 7.44. The van der Waals surface area contributed by atoms with Gasteiger partial charge < -0.3 is 9.15 Å². The van der Waals surface area contributed by atoms with E-state index in [9.17, 15) is 9.59 Å². The first-order chi connectivity index (χ1) is 7.49. The van der Waals surface area contributed by atoms with Crippen molar-refractivity contribution in [2.45, 2.75) is 6.92 Å². The molecule has 2 rings (SSSR count). The number of fused-ring (bicyclic) bond motifs is 1. The van der Waals surface area contributed by atoms with Crippen molar-refractivity contribution in [1.82, 2.24) is 0 Å². The van der Waals surface area contributed by atoms with E-state index in [-0.39, 0.29) is 0 Å². The summed E-state index contributed by atoms with van der Waals surface area (Å²) in [6.45, 7) is 1.29. The lowest BCUT2D eigenvalue weighted by Crippen LogP contribution is -2.02. The summed E-state index contributed by atoms with van der Waals surface area (Å²) in [6, 6.07) is 1.64. The highest BCUT2D eigenvalue weighted by molar-refractivity contribution is 9.13. The molecule has 0 unspecified atom stereocenters. The minimum absolute atomic E-state index is 0.299. The van der Waals surface area contributed by atoms with Crippen LogP contribution in [0.5, 0.6) is 5.75 Å². The molecule has 4 nitrogen and oxygen atoms in total. The fourth-order valence-corrected chi connectivity index (χ4v) is 2.81. The largest absolute Gasteiger partial charge is 0.424 e. The van der Waals surface area contributed by atoms with E-state index < -0.39 is 10.9 Å². The maximum absolute atomic E-state index is 11.1. The van der Waals surface area contributed by atoms with Gasteiger partial charge in [0, 0.05) is 11.4 Å². The second kappa shape index (κ2) is 4.31. The molecule has 7 heteroatoms. The normalized spacial score (nSPS) is 10.7. The SMILES string of the molecule is CC(=O)Oc1c(Br)c(Br)cc2oc(=O)sc12. The third kappa shape index (κ3) is 2.07. The third-order valence-corrected chi connectivity index (χ3v) is 4.51. The van der Waals surface area contributed by atoms with Crippen molar-refractivity contribution < 1.29 is 13.9 Å². The van der Waals surface area contributed by atoms with Crippen LogP contribution in [0.15, 0.2) is 24.2 Å². The molecule has 0 fully saturated rings. The molecule has 0 amide bonds. The van der Waals surface area contributed by atoms with E-state index in [1.165, 1.54) is 6.92 Å². The van der Waals surface area contributed by atoms with Gasteiger partial charge in [-0.25, -0.2) is 4.79 Å². The zero-order chi connectivity index (χ0) is 11.9. The van der Waals surface area contributed by atoms with Crippen LogP contribution in [-0.2, 0) is 4.79 Å². The van der Waals surface area contributed by atoms with Gasteiger partial charge in [0.05, 0.1) is 4.47 Å². The van der Waals surface area contributed by atoms with Crippen LogP contribution in [0.4, 0.5) is 0 Å². The minimum Gasteiger partial charge on any atom is -0.424 e. The van der Waals surface area contributed by atoms with Crippen LogP contribution in [0, 0.1) is 0 Å². The van der Waals surface area contributed by atoms with Crippen LogP contribution in [-0.4, -0.2) is 5.97 Å². The summed E-state index contributed by atoms with van der Waals surface area (Å²) in [7, 11) is 0. The number of ether oxygens (including phenoxy) is 1. The van der Waals surface area contributed by atoms with Gasteiger partial charge in [-0.05, 0) is 49.3 Å². The standard InChI is InChI=1S/C9H4Br2O4S/c1-3(12)14-7-6(11)4(10)2-5-8(7)16-9(13)15-5/h2H,1H3. The average molecular weight is 368 g/mol. The van der Waals surface area contributed by atoms with Crippen molar-refractivity contribution in [3.8, 4) is 5.75 Å². The lowest BCUT2D eigenvalue weighted by atomic mass is 10.3. The minimum atomic E-state index is -0.457. The highest BCUT2D eigenvalue weighted by atomic mass is 79.9. The van der Waals surface area contributed by atoms with Crippen molar-refractivity contribution in [2.24, 2.45) is 0 Å². The second-order valence-electron chi connectivity index (χ2n) is 2.88. The molecule has 1 heterocycles. The Morgan fingerprint density at radius 3 is 2.81 bits per heavy atom. The van der Waals surface area contributed by atoms with Gasteiger partial charge >= 0.3 is 10.9 Å². The first-order valence-electron chi connectivity index (χ1n) is 4.09. The summed E-state index contributed by atoms with van der Waals surface area (Å²) in [5.41, 5.74) is 0.390. The molecule has 0 aliphatic carbocycles. The van der Waals surface area contributed by atoms with Crippen LogP contribution in [0.25, 0.3) is 10.3 Å². The Morgan fingerprint density at radius 1 is 1.50 bits per heavy atom. The van der Waals surface area contributed by atoms with E-state index in [1.54, 1.807) is 6.07 Å². The van der Waals surface area contributed by atoms with Crippen LogP contribution < -0.4 is 9.68 Å². The van der Waals surface area contributed by atoms with E-state index >= 15 is 0 Å². The van der Waals surface area contributed by atoms with Crippen molar-refractivity contribution in [3.05, 3.63) is 24.7 Å². The first kappa shape index (κ1) is 11.8. The Bertz CT molecular complexity index is 628. The van der Waals surface area contributed by atoms with Gasteiger partial charge in [0.2, 0.25) is 0 Å². The van der Waals surface area contributed by atoms with Crippen LogP contribution in [0.2, 0.25) is 0 Å². The predicted octanol–water partition coefficient (Wildman–Crippen LogP) is 3.30. The number of carbonyl (C=O) groups excluding carboxylic acids is 1. The zero-order valence-corrected chi connectivity index (χ0v) is 11.9. The molecule has 0 bridgehead atoms. The number of esters is 1. The Balaban J connectivity index is 2.80. The Kier molecular flexibility index (Phi) is 3.18. The monoisotopic (exact) mass is 366 g/mol. The molecular weight excluding hydrogens is 364 g/mol. The van der Waals surface area contributed by atoms with Gasteiger partial charge in [-0.1, -0.05) is 0 Å². The Labute approximate surface area is 110 Å². The lowest BCUT2D eigenvalue weighted by molar-refractivity contribution is -0.131. The van der Waals surface area contributed by atoms with Gasteiger partial charge in [0.15, 0.2) is 11.3 Å². The smallest absolute Gasteiger partial charge is 0.396 e. The van der Waals surface area contributed by atoms with Crippen molar-refractivity contribution >= 4 is 59.4 Å². The van der Waals surface area contributed by atoms with Crippen molar-refractivity contribution in [1.29, 1.82) is 0 Å². The van der Waals surface area contributed by atoms with Gasteiger partial charge in [-0.3, -0.25) is 4.79 Å². The van der Waals surface area contributed by atoms with Crippen LogP contribution in [0.3, 0.4) is 0 Å². The molecule has 1 aromatic carbocycles. The highest BCUT2D eigenvalue weighted by Crippen LogP contribution is 2.40. The molecule has 0 saturated carbocycles. The van der Waals surface area contributed by atoms with Gasteiger partial charge in [-0.2, -0.15) is 0 Å². The van der Waals surface area contributed by atoms with E-state index in [0.29, 0.717) is 25.0 Å². The summed E-state index contributed by atoms with van der Waals surface area (Å²) in [5.74, 6) is -0.159. The molecule has 0 radical (unpaired) electrons. The summed E-state index contributed by atoms with van der Waals surface area (Å²) < 4.78 is 11.7. The van der Waals surface area contributed by atoms with Crippen LogP contribution in [0.1, 0.15) is 6.92 Å². The number of hydrogen-bond donors (Lipinski definition) is 0. The Hall–Kier alpha value is -0.660. The number of rotatable bonds is 1. The maximum atomic E-state index is 11.1. The maximum Gasteiger partial charge on any atom is 0.396 e. The first-order valence-corrected chi connectivity index (χ1v) is 6.49. The number of hydrogen-bond acceptors (Lipinski definition) is 5. The predicted molar refractivity (Wildman–Crippen MR) is 67.1 cm³/mol. The molecule has 1 aromatic heterocycles. The van der Waals surface area contributed by atoms with E-state index in [2.05, 4.69) is 31.9 Å². The summed E-state index contributed by atoms with van der Waals surface area (Å²) in [6.07, 6.45) is 0. The number of carbonyl (C=O) groups is 1. The molecule has 2 aromatic rings. The van der Waals surface area contributed by atoms with E-state index in [1.807, 2.05) is 0 Å². The zero-order valence-electron chi connectivity index (χ0n) is 7.87. The fraction of sp³-hybridized carbons (Fsp3) is 0.111. The number of benzene rings is 1. The third-order valence-electron chi connectivity index (χ3n) is 1.72. The molecule has 84 valence electrons. The topological polar surface area (TPSA) is 56.5 Å².